The van der Waals surface area contributed by atoms with E-state index in [2.05, 4.69) is 10.2 Å². The summed E-state index contributed by atoms with van der Waals surface area (Å²) in [5, 5.41) is 7.84. The molecule has 0 fully saturated rings. The van der Waals surface area contributed by atoms with Gasteiger partial charge in [-0.15, -0.1) is 5.10 Å². The zero-order chi connectivity index (χ0) is 9.35. The SMILES string of the molecule is CN(C)c1nnc(C(C)(C)C)o1. The molecule has 0 atom stereocenters. The maximum absolute atomic E-state index is 5.41. The van der Waals surface area contributed by atoms with Crippen molar-refractivity contribution < 1.29 is 4.42 Å². The van der Waals surface area contributed by atoms with Crippen LogP contribution >= 0.6 is 0 Å². The number of aromatic nitrogens is 2. The number of anilines is 1. The van der Waals surface area contributed by atoms with Crippen LogP contribution in [0.5, 0.6) is 0 Å². The summed E-state index contributed by atoms with van der Waals surface area (Å²) in [4.78, 5) is 1.79. The Labute approximate surface area is 72.6 Å². The number of hydrogen-bond acceptors (Lipinski definition) is 4. The summed E-state index contributed by atoms with van der Waals surface area (Å²) in [6, 6.07) is 0.555. The topological polar surface area (TPSA) is 42.2 Å². The zero-order valence-corrected chi connectivity index (χ0v) is 8.25. The molecule has 68 valence electrons. The lowest BCUT2D eigenvalue weighted by atomic mass is 9.97. The molecule has 0 radical (unpaired) electrons. The van der Waals surface area contributed by atoms with Gasteiger partial charge in [-0.3, -0.25) is 0 Å². The molecule has 0 aromatic carbocycles. The Kier molecular flexibility index (Phi) is 2.08. The molecule has 1 aromatic heterocycles. The molecule has 1 aromatic rings. The zero-order valence-electron chi connectivity index (χ0n) is 8.25. The Hall–Kier alpha value is -1.06. The van der Waals surface area contributed by atoms with Crippen LogP contribution in [0, 0.1) is 0 Å². The maximum atomic E-state index is 5.41. The monoisotopic (exact) mass is 169 g/mol. The largest absolute Gasteiger partial charge is 0.407 e. The number of nitrogens with zero attached hydrogens (tertiary/aromatic N) is 3. The van der Waals surface area contributed by atoms with E-state index in [1.807, 2.05) is 34.9 Å². The van der Waals surface area contributed by atoms with Crippen LogP contribution < -0.4 is 4.90 Å². The fraction of sp³-hybridized carbons (Fsp3) is 0.750. The molecule has 0 aliphatic heterocycles. The van der Waals surface area contributed by atoms with E-state index in [0.29, 0.717) is 11.9 Å². The average Bonchev–Trinajstić information content (AvgIpc) is 2.30. The summed E-state index contributed by atoms with van der Waals surface area (Å²) >= 11 is 0. The summed E-state index contributed by atoms with van der Waals surface area (Å²) < 4.78 is 5.41. The Morgan fingerprint density at radius 1 is 1.17 bits per heavy atom. The van der Waals surface area contributed by atoms with Gasteiger partial charge in [0.2, 0.25) is 5.89 Å². The molecule has 0 saturated heterocycles. The summed E-state index contributed by atoms with van der Waals surface area (Å²) in [6.45, 7) is 6.12. The molecule has 4 nitrogen and oxygen atoms in total. The molecule has 0 amide bonds. The Bertz CT molecular complexity index is 260. The van der Waals surface area contributed by atoms with E-state index in [4.69, 9.17) is 4.42 Å². The first kappa shape index (κ1) is 9.03. The highest BCUT2D eigenvalue weighted by Gasteiger charge is 2.21. The van der Waals surface area contributed by atoms with Gasteiger partial charge in [0.25, 0.3) is 0 Å². The molecular weight excluding hydrogens is 154 g/mol. The first-order valence-corrected chi connectivity index (χ1v) is 3.92. The summed E-state index contributed by atoms with van der Waals surface area (Å²) in [5.41, 5.74) is -0.0682. The molecule has 0 bridgehead atoms. The van der Waals surface area contributed by atoms with Gasteiger partial charge < -0.3 is 9.32 Å². The number of rotatable bonds is 1. The van der Waals surface area contributed by atoms with Crippen molar-refractivity contribution in [2.75, 3.05) is 19.0 Å². The van der Waals surface area contributed by atoms with Gasteiger partial charge in [0, 0.05) is 19.5 Å². The van der Waals surface area contributed by atoms with Crippen molar-refractivity contribution in [3.05, 3.63) is 5.89 Å². The van der Waals surface area contributed by atoms with Crippen molar-refractivity contribution >= 4 is 6.01 Å². The second-order valence-corrected chi connectivity index (χ2v) is 4.03. The predicted octanol–water partition coefficient (Wildman–Crippen LogP) is 1.43. The third kappa shape index (κ3) is 1.75. The minimum Gasteiger partial charge on any atom is -0.407 e. The van der Waals surface area contributed by atoms with Gasteiger partial charge in [0.05, 0.1) is 0 Å². The van der Waals surface area contributed by atoms with Crippen molar-refractivity contribution in [1.29, 1.82) is 0 Å². The lowest BCUT2D eigenvalue weighted by Crippen LogP contribution is -2.11. The second kappa shape index (κ2) is 2.77. The first-order chi connectivity index (χ1) is 5.41. The standard InChI is InChI=1S/C8H15N3O/c1-8(2,3)6-9-10-7(12-6)11(4)5/h1-5H3. The Morgan fingerprint density at radius 3 is 2.00 bits per heavy atom. The van der Waals surface area contributed by atoms with Gasteiger partial charge in [0.15, 0.2) is 0 Å². The minimum absolute atomic E-state index is 0.0682. The van der Waals surface area contributed by atoms with Crippen LogP contribution in [0.15, 0.2) is 4.42 Å². The fourth-order valence-electron chi connectivity index (χ4n) is 0.699. The molecule has 1 heterocycles. The first-order valence-electron chi connectivity index (χ1n) is 3.92. The van der Waals surface area contributed by atoms with Crippen LogP contribution in [0.25, 0.3) is 0 Å². The lowest BCUT2D eigenvalue weighted by Gasteiger charge is -2.11. The highest BCUT2D eigenvalue weighted by Crippen LogP contribution is 2.22. The predicted molar refractivity (Wildman–Crippen MR) is 47.3 cm³/mol. The van der Waals surface area contributed by atoms with Crippen LogP contribution in [0.4, 0.5) is 6.01 Å². The molecule has 0 saturated carbocycles. The van der Waals surface area contributed by atoms with Gasteiger partial charge in [-0.25, -0.2) is 0 Å². The normalized spacial score (nSPS) is 11.8. The van der Waals surface area contributed by atoms with Crippen molar-refractivity contribution in [2.45, 2.75) is 26.2 Å². The molecule has 0 unspecified atom stereocenters. The van der Waals surface area contributed by atoms with E-state index in [0.717, 1.165) is 0 Å². The van der Waals surface area contributed by atoms with Crippen LogP contribution in [-0.4, -0.2) is 24.3 Å². The highest BCUT2D eigenvalue weighted by molar-refractivity contribution is 5.20. The number of hydrogen-bond donors (Lipinski definition) is 0. The van der Waals surface area contributed by atoms with Crippen LogP contribution in [0.2, 0.25) is 0 Å². The van der Waals surface area contributed by atoms with E-state index in [1.54, 1.807) is 4.90 Å². The van der Waals surface area contributed by atoms with Gasteiger partial charge >= 0.3 is 6.01 Å². The highest BCUT2D eigenvalue weighted by atomic mass is 16.4. The second-order valence-electron chi connectivity index (χ2n) is 4.03. The van der Waals surface area contributed by atoms with Crippen LogP contribution in [0.3, 0.4) is 0 Å². The molecule has 0 N–H and O–H groups in total. The summed E-state index contributed by atoms with van der Waals surface area (Å²) in [5.74, 6) is 0.672. The van der Waals surface area contributed by atoms with Gasteiger partial charge in [-0.05, 0) is 0 Å². The summed E-state index contributed by atoms with van der Waals surface area (Å²) in [6.07, 6.45) is 0. The third-order valence-corrected chi connectivity index (χ3v) is 1.44. The third-order valence-electron chi connectivity index (χ3n) is 1.44. The van der Waals surface area contributed by atoms with E-state index >= 15 is 0 Å². The van der Waals surface area contributed by atoms with Crippen LogP contribution in [0.1, 0.15) is 26.7 Å². The van der Waals surface area contributed by atoms with E-state index < -0.39 is 0 Å². The molecular formula is C8H15N3O. The maximum Gasteiger partial charge on any atom is 0.317 e. The minimum atomic E-state index is -0.0682. The van der Waals surface area contributed by atoms with E-state index in [9.17, 15) is 0 Å². The molecule has 1 rings (SSSR count). The van der Waals surface area contributed by atoms with E-state index in [-0.39, 0.29) is 5.41 Å². The quantitative estimate of drug-likeness (QED) is 0.637. The Balaban J connectivity index is 2.92. The fourth-order valence-corrected chi connectivity index (χ4v) is 0.699. The molecule has 4 heteroatoms. The van der Waals surface area contributed by atoms with Crippen LogP contribution in [-0.2, 0) is 5.41 Å². The van der Waals surface area contributed by atoms with Crippen molar-refractivity contribution in [2.24, 2.45) is 0 Å². The van der Waals surface area contributed by atoms with Gasteiger partial charge in [-0.1, -0.05) is 25.9 Å². The average molecular weight is 169 g/mol. The van der Waals surface area contributed by atoms with Gasteiger partial charge in [-0.2, -0.15) is 0 Å². The lowest BCUT2D eigenvalue weighted by molar-refractivity contribution is 0.395. The van der Waals surface area contributed by atoms with E-state index in [1.165, 1.54) is 0 Å². The molecule has 12 heavy (non-hydrogen) atoms. The molecule has 0 aliphatic carbocycles. The summed E-state index contributed by atoms with van der Waals surface area (Å²) in [7, 11) is 3.75. The van der Waals surface area contributed by atoms with Crippen molar-refractivity contribution in [3.63, 3.8) is 0 Å². The van der Waals surface area contributed by atoms with Crippen molar-refractivity contribution in [1.82, 2.24) is 10.2 Å². The molecule has 0 aliphatic rings. The molecule has 0 spiro atoms. The smallest absolute Gasteiger partial charge is 0.317 e. The Morgan fingerprint density at radius 2 is 1.75 bits per heavy atom. The van der Waals surface area contributed by atoms with Gasteiger partial charge in [0.1, 0.15) is 0 Å². The van der Waals surface area contributed by atoms with Crippen molar-refractivity contribution in [3.8, 4) is 0 Å².